The largest absolute Gasteiger partial charge is 0.486 e. The summed E-state index contributed by atoms with van der Waals surface area (Å²) in [7, 11) is 0. The van der Waals surface area contributed by atoms with Crippen molar-refractivity contribution in [2.24, 2.45) is 0 Å². The third-order valence-electron chi connectivity index (χ3n) is 3.91. The maximum absolute atomic E-state index is 11.6. The van der Waals surface area contributed by atoms with Crippen molar-refractivity contribution in [1.29, 1.82) is 0 Å². The second-order valence-corrected chi connectivity index (χ2v) is 5.54. The zero-order valence-electron chi connectivity index (χ0n) is 12.8. The Morgan fingerprint density at radius 3 is 2.80 bits per heavy atom. The topological polar surface area (TPSA) is 29.5 Å². The molecule has 0 saturated heterocycles. The fourth-order valence-electron chi connectivity index (χ4n) is 2.62. The van der Waals surface area contributed by atoms with Crippen LogP contribution in [-0.2, 0) is 0 Å². The Bertz CT molecular complexity index is 470. The number of hydrogen-bond donors (Lipinski definition) is 0. The van der Waals surface area contributed by atoms with Gasteiger partial charge in [-0.05, 0) is 38.0 Å². The summed E-state index contributed by atoms with van der Waals surface area (Å²) < 4.78 is 6.00. The van der Waals surface area contributed by atoms with Gasteiger partial charge in [0.15, 0.2) is 5.78 Å². The van der Waals surface area contributed by atoms with Crippen molar-refractivity contribution in [3.63, 3.8) is 0 Å². The maximum atomic E-state index is 11.6. The van der Waals surface area contributed by atoms with Gasteiger partial charge in [0.25, 0.3) is 0 Å². The van der Waals surface area contributed by atoms with Gasteiger partial charge in [0.1, 0.15) is 11.9 Å². The molecule has 1 aromatic carbocycles. The van der Waals surface area contributed by atoms with Crippen LogP contribution in [0.15, 0.2) is 18.2 Å². The molecule has 3 heteroatoms. The normalized spacial score (nSPS) is 17.6. The summed E-state index contributed by atoms with van der Waals surface area (Å²) in [6.45, 7) is 7.96. The van der Waals surface area contributed by atoms with Gasteiger partial charge < -0.3 is 9.64 Å². The Morgan fingerprint density at radius 2 is 2.15 bits per heavy atom. The Hall–Kier alpha value is -1.51. The molecule has 0 bridgehead atoms. The molecule has 0 N–H and O–H groups in total. The SMILES string of the molecule is CCCCCN1CC(CC)Oc2ccc(C(C)=O)cc21. The fraction of sp³-hybridized carbons (Fsp3) is 0.588. The number of carbonyl (C=O) groups excluding carboxylic acids is 1. The van der Waals surface area contributed by atoms with Crippen molar-refractivity contribution >= 4 is 11.5 Å². The van der Waals surface area contributed by atoms with Gasteiger partial charge in [-0.15, -0.1) is 0 Å². The zero-order chi connectivity index (χ0) is 14.5. The molecule has 3 nitrogen and oxygen atoms in total. The number of ketones is 1. The molecule has 2 rings (SSSR count). The van der Waals surface area contributed by atoms with E-state index in [1.54, 1.807) is 6.92 Å². The zero-order valence-corrected chi connectivity index (χ0v) is 12.8. The van der Waals surface area contributed by atoms with Crippen molar-refractivity contribution in [3.05, 3.63) is 23.8 Å². The summed E-state index contributed by atoms with van der Waals surface area (Å²) in [6.07, 6.45) is 4.93. The van der Waals surface area contributed by atoms with Gasteiger partial charge >= 0.3 is 0 Å². The average Bonchev–Trinajstić information content (AvgIpc) is 2.46. The highest BCUT2D eigenvalue weighted by atomic mass is 16.5. The van der Waals surface area contributed by atoms with E-state index in [-0.39, 0.29) is 11.9 Å². The number of nitrogens with zero attached hydrogens (tertiary/aromatic N) is 1. The van der Waals surface area contributed by atoms with Crippen LogP contribution in [-0.4, -0.2) is 25.0 Å². The molecule has 20 heavy (non-hydrogen) atoms. The molecule has 0 aliphatic carbocycles. The number of benzene rings is 1. The van der Waals surface area contributed by atoms with Crippen LogP contribution in [0.3, 0.4) is 0 Å². The van der Waals surface area contributed by atoms with E-state index in [4.69, 9.17) is 4.74 Å². The second-order valence-electron chi connectivity index (χ2n) is 5.54. The standard InChI is InChI=1S/C17H25NO2/c1-4-6-7-10-18-12-15(5-2)20-17-9-8-14(13(3)19)11-16(17)18/h8-9,11,15H,4-7,10,12H2,1-3H3. The number of hydrogen-bond acceptors (Lipinski definition) is 3. The number of Topliss-reactive ketones (excluding diaryl/α,β-unsaturated/α-hetero) is 1. The van der Waals surface area contributed by atoms with Crippen LogP contribution < -0.4 is 9.64 Å². The minimum Gasteiger partial charge on any atom is -0.486 e. The van der Waals surface area contributed by atoms with Gasteiger partial charge in [0, 0.05) is 12.1 Å². The summed E-state index contributed by atoms with van der Waals surface area (Å²) in [5.41, 5.74) is 1.85. The van der Waals surface area contributed by atoms with Crippen LogP contribution in [0.25, 0.3) is 0 Å². The van der Waals surface area contributed by atoms with Crippen LogP contribution in [0.5, 0.6) is 5.75 Å². The highest BCUT2D eigenvalue weighted by Gasteiger charge is 2.24. The molecule has 1 heterocycles. The van der Waals surface area contributed by atoms with Gasteiger partial charge in [0.05, 0.1) is 12.2 Å². The molecule has 1 aromatic rings. The number of anilines is 1. The fourth-order valence-corrected chi connectivity index (χ4v) is 2.62. The van der Waals surface area contributed by atoms with Crippen LogP contribution in [0.1, 0.15) is 56.8 Å². The number of ether oxygens (including phenoxy) is 1. The predicted octanol–water partition coefficient (Wildman–Crippen LogP) is 4.06. The molecule has 110 valence electrons. The predicted molar refractivity (Wildman–Crippen MR) is 82.9 cm³/mol. The van der Waals surface area contributed by atoms with E-state index >= 15 is 0 Å². The highest BCUT2D eigenvalue weighted by Crippen LogP contribution is 2.35. The number of unbranched alkanes of at least 4 members (excludes halogenated alkanes) is 2. The van der Waals surface area contributed by atoms with Crippen LogP contribution in [0.2, 0.25) is 0 Å². The number of rotatable bonds is 6. The van der Waals surface area contributed by atoms with Crippen molar-refractivity contribution in [3.8, 4) is 5.75 Å². The molecule has 0 saturated carbocycles. The molecule has 0 aromatic heterocycles. The third-order valence-corrected chi connectivity index (χ3v) is 3.91. The maximum Gasteiger partial charge on any atom is 0.159 e. The molecule has 0 radical (unpaired) electrons. The number of carbonyl (C=O) groups is 1. The molecule has 1 aliphatic heterocycles. The minimum atomic E-state index is 0.110. The first-order chi connectivity index (χ1) is 9.65. The van der Waals surface area contributed by atoms with Crippen LogP contribution in [0.4, 0.5) is 5.69 Å². The van der Waals surface area contributed by atoms with E-state index < -0.39 is 0 Å². The van der Waals surface area contributed by atoms with Gasteiger partial charge in [-0.1, -0.05) is 26.7 Å². The Kier molecular flexibility index (Phi) is 5.05. The lowest BCUT2D eigenvalue weighted by atomic mass is 10.1. The van der Waals surface area contributed by atoms with Gasteiger partial charge in [-0.3, -0.25) is 4.79 Å². The Labute approximate surface area is 121 Å². The Balaban J connectivity index is 2.23. The molecule has 1 atom stereocenters. The average molecular weight is 275 g/mol. The molecule has 1 unspecified atom stereocenters. The molecule has 1 aliphatic rings. The third kappa shape index (κ3) is 3.33. The van der Waals surface area contributed by atoms with Crippen molar-refractivity contribution in [2.45, 2.75) is 52.6 Å². The first-order valence-corrected chi connectivity index (χ1v) is 7.72. The highest BCUT2D eigenvalue weighted by molar-refractivity contribution is 5.95. The first kappa shape index (κ1) is 14.9. The first-order valence-electron chi connectivity index (χ1n) is 7.72. The Morgan fingerprint density at radius 1 is 1.35 bits per heavy atom. The van der Waals surface area contributed by atoms with E-state index in [1.165, 1.54) is 19.3 Å². The molecule has 0 amide bonds. The van der Waals surface area contributed by atoms with Crippen molar-refractivity contribution in [2.75, 3.05) is 18.0 Å². The van der Waals surface area contributed by atoms with Gasteiger partial charge in [-0.2, -0.15) is 0 Å². The molecule has 0 fully saturated rings. The van der Waals surface area contributed by atoms with Crippen molar-refractivity contribution < 1.29 is 9.53 Å². The smallest absolute Gasteiger partial charge is 0.159 e. The van der Waals surface area contributed by atoms with Crippen LogP contribution >= 0.6 is 0 Å². The van der Waals surface area contributed by atoms with E-state index in [2.05, 4.69) is 18.7 Å². The van der Waals surface area contributed by atoms with Gasteiger partial charge in [0.2, 0.25) is 0 Å². The van der Waals surface area contributed by atoms with E-state index in [0.29, 0.717) is 0 Å². The van der Waals surface area contributed by atoms with E-state index in [9.17, 15) is 4.79 Å². The summed E-state index contributed by atoms with van der Waals surface area (Å²) in [5.74, 6) is 1.03. The quantitative estimate of drug-likeness (QED) is 0.579. The lowest BCUT2D eigenvalue weighted by Gasteiger charge is -2.36. The minimum absolute atomic E-state index is 0.110. The molecular formula is C17H25NO2. The van der Waals surface area contributed by atoms with E-state index in [1.807, 2.05) is 18.2 Å². The monoisotopic (exact) mass is 275 g/mol. The lowest BCUT2D eigenvalue weighted by molar-refractivity contribution is 0.101. The molecule has 0 spiro atoms. The van der Waals surface area contributed by atoms with Gasteiger partial charge in [-0.25, -0.2) is 0 Å². The summed E-state index contributed by atoms with van der Waals surface area (Å²) in [5, 5.41) is 0. The summed E-state index contributed by atoms with van der Waals surface area (Å²) in [4.78, 5) is 13.9. The lowest BCUT2D eigenvalue weighted by Crippen LogP contribution is -2.40. The number of fused-ring (bicyclic) bond motifs is 1. The van der Waals surface area contributed by atoms with Crippen molar-refractivity contribution in [1.82, 2.24) is 0 Å². The van der Waals surface area contributed by atoms with E-state index in [0.717, 1.165) is 36.5 Å². The molecular weight excluding hydrogens is 250 g/mol. The van der Waals surface area contributed by atoms with Crippen LogP contribution in [0, 0.1) is 0 Å². The summed E-state index contributed by atoms with van der Waals surface area (Å²) in [6, 6.07) is 5.79. The second kappa shape index (κ2) is 6.78. The summed E-state index contributed by atoms with van der Waals surface area (Å²) >= 11 is 0.